The number of hydrogen-bond donors (Lipinski definition) is 7. The number of carbonyl (C=O) groups excluding carboxylic acids is 1. The van der Waals surface area contributed by atoms with Crippen molar-refractivity contribution in [3.05, 3.63) is 47.2 Å². The van der Waals surface area contributed by atoms with Crippen molar-refractivity contribution in [3.8, 4) is 28.7 Å². The van der Waals surface area contributed by atoms with Gasteiger partial charge in [0, 0.05) is 24.6 Å². The molecule has 6 atom stereocenters. The molecule has 0 spiro atoms. The van der Waals surface area contributed by atoms with Crippen LogP contribution in [-0.2, 0) is 19.0 Å². The lowest BCUT2D eigenvalue weighted by molar-refractivity contribution is -0.294. The summed E-state index contributed by atoms with van der Waals surface area (Å²) in [6.45, 7) is 0.728. The molecule has 2 aliphatic rings. The molecule has 2 aliphatic heterocycles. The van der Waals surface area contributed by atoms with E-state index in [9.17, 15) is 40.5 Å². The molecule has 188 valence electrons. The van der Waals surface area contributed by atoms with Gasteiger partial charge in [0.1, 0.15) is 54.0 Å². The van der Waals surface area contributed by atoms with E-state index in [0.29, 0.717) is 0 Å². The van der Waals surface area contributed by atoms with Gasteiger partial charge in [0.05, 0.1) is 5.56 Å². The SMILES string of the molecule is CC(=O)OC[C@H]1O[C@@H](OC2=Cc3c(O)cc(O)cc3OC2c2ccc(O)c(O)c2)[C@H](O)[C@@H](O)[C@@H]1O. The van der Waals surface area contributed by atoms with Gasteiger partial charge in [-0.25, -0.2) is 0 Å². The number of aliphatic hydroxyl groups is 3. The summed E-state index contributed by atoms with van der Waals surface area (Å²) >= 11 is 0. The second-order valence-electron chi connectivity index (χ2n) is 8.10. The maximum atomic E-state index is 11.2. The van der Waals surface area contributed by atoms with E-state index >= 15 is 0 Å². The van der Waals surface area contributed by atoms with Gasteiger partial charge in [0.15, 0.2) is 17.6 Å². The van der Waals surface area contributed by atoms with Gasteiger partial charge < -0.3 is 54.7 Å². The van der Waals surface area contributed by atoms with Crippen molar-refractivity contribution in [1.82, 2.24) is 0 Å². The zero-order valence-electron chi connectivity index (χ0n) is 18.3. The van der Waals surface area contributed by atoms with E-state index in [-0.39, 0.29) is 39.9 Å². The smallest absolute Gasteiger partial charge is 0.302 e. The minimum Gasteiger partial charge on any atom is -0.508 e. The first-order chi connectivity index (χ1) is 16.5. The molecule has 1 saturated heterocycles. The lowest BCUT2D eigenvalue weighted by Crippen LogP contribution is -2.59. The minimum atomic E-state index is -1.73. The standard InChI is InChI=1S/C23H24O12/c1-9(24)32-8-18-19(29)20(30)21(31)23(35-18)34-17-7-12-14(27)5-11(25)6-16(12)33-22(17)10-2-3-13(26)15(28)4-10/h2-7,18-23,25-31H,8H2,1H3/t18-,19-,20+,21-,22?,23-/m1/s1. The average Bonchev–Trinajstić information content (AvgIpc) is 2.80. The molecule has 2 aromatic carbocycles. The number of phenols is 4. The van der Waals surface area contributed by atoms with Crippen LogP contribution in [0.4, 0.5) is 0 Å². The molecular formula is C23H24O12. The first-order valence-electron chi connectivity index (χ1n) is 10.5. The summed E-state index contributed by atoms with van der Waals surface area (Å²) in [7, 11) is 0. The van der Waals surface area contributed by atoms with Gasteiger partial charge in [-0.15, -0.1) is 0 Å². The normalized spacial score (nSPS) is 27.8. The number of esters is 1. The van der Waals surface area contributed by atoms with Crippen LogP contribution in [0.5, 0.6) is 28.7 Å². The molecule has 0 aromatic heterocycles. The third-order valence-electron chi connectivity index (χ3n) is 5.57. The van der Waals surface area contributed by atoms with Crippen molar-refractivity contribution in [1.29, 1.82) is 0 Å². The molecule has 1 fully saturated rings. The Labute approximate surface area is 198 Å². The van der Waals surface area contributed by atoms with Crippen LogP contribution in [0, 0.1) is 0 Å². The Kier molecular flexibility index (Phi) is 6.63. The first-order valence-corrected chi connectivity index (χ1v) is 10.5. The Morgan fingerprint density at radius 2 is 1.69 bits per heavy atom. The number of phenolic OH excluding ortho intramolecular Hbond substituents is 4. The van der Waals surface area contributed by atoms with Crippen molar-refractivity contribution in [2.75, 3.05) is 6.61 Å². The number of aliphatic hydroxyl groups excluding tert-OH is 3. The first kappa shape index (κ1) is 24.4. The van der Waals surface area contributed by atoms with Crippen LogP contribution in [0.25, 0.3) is 6.08 Å². The van der Waals surface area contributed by atoms with Gasteiger partial charge in [0.25, 0.3) is 0 Å². The van der Waals surface area contributed by atoms with E-state index in [4.69, 9.17) is 18.9 Å². The Morgan fingerprint density at radius 1 is 0.943 bits per heavy atom. The fourth-order valence-electron chi connectivity index (χ4n) is 3.76. The summed E-state index contributed by atoms with van der Waals surface area (Å²) in [4.78, 5) is 11.2. The fourth-order valence-corrected chi connectivity index (χ4v) is 3.76. The summed E-state index contributed by atoms with van der Waals surface area (Å²) < 4.78 is 22.1. The number of aromatic hydroxyl groups is 4. The van der Waals surface area contributed by atoms with E-state index < -0.39 is 55.1 Å². The molecule has 12 heteroatoms. The van der Waals surface area contributed by atoms with Crippen molar-refractivity contribution in [2.24, 2.45) is 0 Å². The lowest BCUT2D eigenvalue weighted by Gasteiger charge is -2.41. The van der Waals surface area contributed by atoms with Crippen molar-refractivity contribution < 1.29 is 59.5 Å². The van der Waals surface area contributed by atoms with E-state index in [0.717, 1.165) is 13.0 Å². The van der Waals surface area contributed by atoms with E-state index in [1.54, 1.807) is 0 Å². The molecule has 0 amide bonds. The third kappa shape index (κ3) is 4.91. The van der Waals surface area contributed by atoms with Crippen molar-refractivity contribution in [3.63, 3.8) is 0 Å². The molecular weight excluding hydrogens is 468 g/mol. The highest BCUT2D eigenvalue weighted by molar-refractivity contribution is 5.70. The second kappa shape index (κ2) is 9.50. The Balaban J connectivity index is 1.69. The predicted molar refractivity (Wildman–Crippen MR) is 115 cm³/mol. The quantitative estimate of drug-likeness (QED) is 0.224. The van der Waals surface area contributed by atoms with Crippen LogP contribution in [0.1, 0.15) is 24.2 Å². The molecule has 0 bridgehead atoms. The third-order valence-corrected chi connectivity index (χ3v) is 5.57. The average molecular weight is 492 g/mol. The van der Waals surface area contributed by atoms with Gasteiger partial charge in [0.2, 0.25) is 6.29 Å². The van der Waals surface area contributed by atoms with Gasteiger partial charge >= 0.3 is 5.97 Å². The van der Waals surface area contributed by atoms with Crippen LogP contribution in [0.3, 0.4) is 0 Å². The highest BCUT2D eigenvalue weighted by Crippen LogP contribution is 2.45. The van der Waals surface area contributed by atoms with Gasteiger partial charge in [-0.3, -0.25) is 4.79 Å². The molecule has 2 heterocycles. The molecule has 7 N–H and O–H groups in total. The molecule has 35 heavy (non-hydrogen) atoms. The van der Waals surface area contributed by atoms with Crippen molar-refractivity contribution in [2.45, 2.75) is 43.7 Å². The fraction of sp³-hybridized carbons (Fsp3) is 0.348. The maximum Gasteiger partial charge on any atom is 0.302 e. The van der Waals surface area contributed by atoms with Crippen molar-refractivity contribution >= 4 is 12.0 Å². The van der Waals surface area contributed by atoms with Crippen LogP contribution < -0.4 is 4.74 Å². The molecule has 1 unspecified atom stereocenters. The molecule has 2 aromatic rings. The number of fused-ring (bicyclic) bond motifs is 1. The Hall–Kier alpha value is -3.71. The highest BCUT2D eigenvalue weighted by Gasteiger charge is 2.46. The van der Waals surface area contributed by atoms with E-state index in [2.05, 4.69) is 0 Å². The lowest BCUT2D eigenvalue weighted by atomic mass is 9.98. The largest absolute Gasteiger partial charge is 0.508 e. The summed E-state index contributed by atoms with van der Waals surface area (Å²) in [6.07, 6.45) is -7.62. The molecule has 12 nitrogen and oxygen atoms in total. The van der Waals surface area contributed by atoms with E-state index in [1.165, 1.54) is 30.3 Å². The molecule has 0 radical (unpaired) electrons. The number of benzene rings is 2. The van der Waals surface area contributed by atoms with Crippen LogP contribution in [0.2, 0.25) is 0 Å². The summed E-state index contributed by atoms with van der Waals surface area (Å²) in [5, 5.41) is 70.7. The van der Waals surface area contributed by atoms with Gasteiger partial charge in [-0.2, -0.15) is 0 Å². The number of ether oxygens (including phenoxy) is 4. The molecule has 0 saturated carbocycles. The predicted octanol–water partition coefficient (Wildman–Crippen LogP) is 0.371. The minimum absolute atomic E-state index is 0.0533. The Bertz CT molecular complexity index is 1150. The summed E-state index contributed by atoms with van der Waals surface area (Å²) in [5.74, 6) is -2.09. The van der Waals surface area contributed by atoms with Crippen LogP contribution in [-0.4, -0.2) is 79.0 Å². The number of rotatable bonds is 5. The monoisotopic (exact) mass is 492 g/mol. The number of hydrogen-bond acceptors (Lipinski definition) is 12. The maximum absolute atomic E-state index is 11.2. The molecule has 4 rings (SSSR count). The zero-order chi connectivity index (χ0) is 25.4. The van der Waals surface area contributed by atoms with E-state index in [1.807, 2.05) is 0 Å². The molecule has 0 aliphatic carbocycles. The summed E-state index contributed by atoms with van der Waals surface area (Å²) in [5.41, 5.74) is 0.404. The topological polar surface area (TPSA) is 196 Å². The van der Waals surface area contributed by atoms with Crippen LogP contribution in [0.15, 0.2) is 36.1 Å². The highest BCUT2D eigenvalue weighted by atomic mass is 16.7. The van der Waals surface area contributed by atoms with Crippen LogP contribution >= 0.6 is 0 Å². The van der Waals surface area contributed by atoms with Gasteiger partial charge in [-0.1, -0.05) is 6.07 Å². The number of carbonyl (C=O) groups is 1. The Morgan fingerprint density at radius 3 is 2.37 bits per heavy atom. The summed E-state index contributed by atoms with van der Waals surface area (Å²) in [6, 6.07) is 6.15. The second-order valence-corrected chi connectivity index (χ2v) is 8.10. The zero-order valence-corrected chi connectivity index (χ0v) is 18.3. The van der Waals surface area contributed by atoms with Gasteiger partial charge in [-0.05, 0) is 18.2 Å².